The summed E-state index contributed by atoms with van der Waals surface area (Å²) in [6.07, 6.45) is -0.539. The Kier molecular flexibility index (Phi) is 5.40. The summed E-state index contributed by atoms with van der Waals surface area (Å²) in [5, 5.41) is 10.1. The van der Waals surface area contributed by atoms with Gasteiger partial charge >= 0.3 is 0 Å². The Labute approximate surface area is 147 Å². The van der Waals surface area contributed by atoms with E-state index in [-0.39, 0.29) is 5.91 Å². The van der Waals surface area contributed by atoms with E-state index in [4.69, 9.17) is 9.15 Å². The van der Waals surface area contributed by atoms with Gasteiger partial charge in [-0.1, -0.05) is 0 Å². The van der Waals surface area contributed by atoms with Gasteiger partial charge in [-0.05, 0) is 36.4 Å². The molecule has 1 atom stereocenters. The number of benzene rings is 1. The average Bonchev–Trinajstić information content (AvgIpc) is 2.98. The first kappa shape index (κ1) is 17.5. The van der Waals surface area contributed by atoms with Gasteiger partial charge in [-0.25, -0.2) is 0 Å². The second-order valence-corrected chi connectivity index (χ2v) is 6.35. The second-order valence-electron chi connectivity index (χ2n) is 6.35. The fourth-order valence-corrected chi connectivity index (χ4v) is 3.08. The van der Waals surface area contributed by atoms with Crippen LogP contribution in [0.2, 0.25) is 0 Å². The van der Waals surface area contributed by atoms with E-state index in [0.717, 1.165) is 29.4 Å². The Morgan fingerprint density at radius 2 is 1.96 bits per heavy atom. The summed E-state index contributed by atoms with van der Waals surface area (Å²) in [4.78, 5) is 15.3. The molecule has 2 heterocycles. The van der Waals surface area contributed by atoms with Crippen LogP contribution in [0.3, 0.4) is 0 Å². The molecule has 134 valence electrons. The average molecular weight is 344 g/mol. The summed E-state index contributed by atoms with van der Waals surface area (Å²) in [7, 11) is 1.64. The third-order valence-electron chi connectivity index (χ3n) is 4.45. The number of hydrogen-bond acceptors (Lipinski definition) is 5. The highest BCUT2D eigenvalue weighted by molar-refractivity contribution is 5.73. The van der Waals surface area contributed by atoms with Gasteiger partial charge in [0.15, 0.2) is 0 Å². The molecular formula is C19H24N2O4. The van der Waals surface area contributed by atoms with Crippen molar-refractivity contribution in [2.45, 2.75) is 19.6 Å². The molecular weight excluding hydrogens is 320 g/mol. The molecule has 1 aliphatic heterocycles. The number of nitrogens with zero attached hydrogens (tertiary/aromatic N) is 2. The van der Waals surface area contributed by atoms with Gasteiger partial charge in [0.05, 0.1) is 19.8 Å². The molecule has 0 radical (unpaired) electrons. The Hall–Kier alpha value is -2.31. The number of aliphatic hydroxyl groups excluding tert-OH is 1. The summed E-state index contributed by atoms with van der Waals surface area (Å²) in [6.45, 7) is 4.41. The van der Waals surface area contributed by atoms with E-state index in [1.807, 2.05) is 36.4 Å². The van der Waals surface area contributed by atoms with Crippen molar-refractivity contribution in [3.63, 3.8) is 0 Å². The van der Waals surface area contributed by atoms with Crippen molar-refractivity contribution in [2.24, 2.45) is 0 Å². The van der Waals surface area contributed by atoms with Crippen LogP contribution in [0.4, 0.5) is 0 Å². The summed E-state index contributed by atoms with van der Waals surface area (Å²) < 4.78 is 11.1. The van der Waals surface area contributed by atoms with Crippen molar-refractivity contribution in [1.82, 2.24) is 9.80 Å². The summed E-state index contributed by atoms with van der Waals surface area (Å²) in [6, 6.07) is 11.6. The van der Waals surface area contributed by atoms with Crippen LogP contribution < -0.4 is 4.74 Å². The zero-order valence-electron chi connectivity index (χ0n) is 14.6. The molecule has 2 aromatic rings. The van der Waals surface area contributed by atoms with Crippen molar-refractivity contribution >= 4 is 5.91 Å². The molecule has 0 unspecified atom stereocenters. The normalized spacial score (nSPS) is 18.8. The number of ether oxygens (including phenoxy) is 1. The van der Waals surface area contributed by atoms with Gasteiger partial charge in [-0.3, -0.25) is 9.69 Å². The number of carbonyl (C=O) groups is 1. The number of β-amino-alcohol motifs (C(OH)–C–C–N with tert-alkyl or cyclic N) is 1. The fourth-order valence-electron chi connectivity index (χ4n) is 3.08. The van der Waals surface area contributed by atoms with Crippen LogP contribution in [0.5, 0.6) is 5.75 Å². The van der Waals surface area contributed by atoms with Crippen LogP contribution in [0.15, 0.2) is 40.8 Å². The van der Waals surface area contributed by atoms with E-state index in [0.29, 0.717) is 26.2 Å². The molecule has 1 amide bonds. The predicted octanol–water partition coefficient (Wildman–Crippen LogP) is 1.98. The minimum atomic E-state index is -0.539. The minimum Gasteiger partial charge on any atom is -0.497 e. The summed E-state index contributed by atoms with van der Waals surface area (Å²) in [5.41, 5.74) is 0.991. The topological polar surface area (TPSA) is 66.2 Å². The zero-order chi connectivity index (χ0) is 17.8. The number of furan rings is 1. The first-order chi connectivity index (χ1) is 12.0. The van der Waals surface area contributed by atoms with Gasteiger partial charge in [0.2, 0.25) is 5.91 Å². The Morgan fingerprint density at radius 1 is 1.20 bits per heavy atom. The lowest BCUT2D eigenvalue weighted by Gasteiger charge is -2.19. The maximum Gasteiger partial charge on any atom is 0.219 e. The van der Waals surface area contributed by atoms with Crippen LogP contribution in [0.1, 0.15) is 12.7 Å². The van der Waals surface area contributed by atoms with Crippen LogP contribution in [-0.2, 0) is 11.3 Å². The third kappa shape index (κ3) is 4.41. The number of carbonyl (C=O) groups excluding carboxylic acids is 1. The Morgan fingerprint density at radius 3 is 2.64 bits per heavy atom. The van der Waals surface area contributed by atoms with Crippen molar-refractivity contribution in [2.75, 3.05) is 33.3 Å². The fraction of sp³-hybridized carbons (Fsp3) is 0.421. The molecule has 0 aliphatic carbocycles. The maximum absolute atomic E-state index is 11.5. The molecule has 1 aromatic carbocycles. The van der Waals surface area contributed by atoms with Gasteiger partial charge in [-0.15, -0.1) is 0 Å². The van der Waals surface area contributed by atoms with Gasteiger partial charge in [-0.2, -0.15) is 0 Å². The molecule has 3 rings (SSSR count). The lowest BCUT2D eigenvalue weighted by atomic mass is 10.2. The largest absolute Gasteiger partial charge is 0.497 e. The Balaban J connectivity index is 1.65. The van der Waals surface area contributed by atoms with Crippen LogP contribution in [-0.4, -0.2) is 60.2 Å². The molecule has 0 bridgehead atoms. The second kappa shape index (κ2) is 7.72. The molecule has 0 saturated carbocycles. The van der Waals surface area contributed by atoms with Gasteiger partial charge in [0.25, 0.3) is 0 Å². The van der Waals surface area contributed by atoms with E-state index in [9.17, 15) is 9.90 Å². The minimum absolute atomic E-state index is 0.000639. The van der Waals surface area contributed by atoms with E-state index in [1.165, 1.54) is 6.92 Å². The monoisotopic (exact) mass is 344 g/mol. The molecule has 1 aromatic heterocycles. The van der Waals surface area contributed by atoms with E-state index >= 15 is 0 Å². The molecule has 1 fully saturated rings. The Bertz CT molecular complexity index is 710. The van der Waals surface area contributed by atoms with E-state index in [2.05, 4.69) is 4.90 Å². The lowest BCUT2D eigenvalue weighted by molar-refractivity contribution is -0.129. The van der Waals surface area contributed by atoms with Crippen molar-refractivity contribution < 1.29 is 19.1 Å². The highest BCUT2D eigenvalue weighted by Gasteiger charge is 2.23. The number of hydrogen-bond donors (Lipinski definition) is 1. The first-order valence-corrected chi connectivity index (χ1v) is 8.44. The van der Waals surface area contributed by atoms with E-state index in [1.54, 1.807) is 12.0 Å². The molecule has 6 nitrogen and oxygen atoms in total. The van der Waals surface area contributed by atoms with Crippen LogP contribution >= 0.6 is 0 Å². The molecule has 0 spiro atoms. The molecule has 1 aliphatic rings. The van der Waals surface area contributed by atoms with Gasteiger partial charge < -0.3 is 19.2 Å². The standard InChI is InChI=1S/C19H24N2O4/c1-14(22)21-10-9-20(11-16(23)12-21)13-18-7-8-19(25-18)15-3-5-17(24-2)6-4-15/h3-8,16,23H,9-13H2,1-2H3/t16-/m1/s1. The van der Waals surface area contributed by atoms with Crippen molar-refractivity contribution in [3.8, 4) is 17.1 Å². The quantitative estimate of drug-likeness (QED) is 0.919. The highest BCUT2D eigenvalue weighted by atomic mass is 16.5. The van der Waals surface area contributed by atoms with Gasteiger partial charge in [0, 0.05) is 38.7 Å². The predicted molar refractivity (Wildman–Crippen MR) is 94.2 cm³/mol. The SMILES string of the molecule is COc1ccc(-c2ccc(CN3CCN(C(C)=O)C[C@H](O)C3)o2)cc1. The molecule has 1 N–H and O–H groups in total. The third-order valence-corrected chi connectivity index (χ3v) is 4.45. The molecule has 25 heavy (non-hydrogen) atoms. The van der Waals surface area contributed by atoms with Crippen LogP contribution in [0.25, 0.3) is 11.3 Å². The lowest BCUT2D eigenvalue weighted by Crippen LogP contribution is -2.36. The van der Waals surface area contributed by atoms with Crippen molar-refractivity contribution in [3.05, 3.63) is 42.2 Å². The zero-order valence-corrected chi connectivity index (χ0v) is 14.6. The molecule has 1 saturated heterocycles. The van der Waals surface area contributed by atoms with Crippen LogP contribution in [0, 0.1) is 0 Å². The number of methoxy groups -OCH3 is 1. The molecule has 6 heteroatoms. The number of amides is 1. The number of aliphatic hydroxyl groups is 1. The number of rotatable bonds is 4. The smallest absolute Gasteiger partial charge is 0.219 e. The summed E-state index contributed by atoms with van der Waals surface area (Å²) >= 11 is 0. The maximum atomic E-state index is 11.5. The first-order valence-electron chi connectivity index (χ1n) is 8.44. The van der Waals surface area contributed by atoms with Gasteiger partial charge in [0.1, 0.15) is 17.3 Å². The van der Waals surface area contributed by atoms with Crippen molar-refractivity contribution in [1.29, 1.82) is 0 Å². The summed E-state index contributed by atoms with van der Waals surface area (Å²) in [5.74, 6) is 2.46. The van der Waals surface area contributed by atoms with E-state index < -0.39 is 6.10 Å². The highest BCUT2D eigenvalue weighted by Crippen LogP contribution is 2.25.